The summed E-state index contributed by atoms with van der Waals surface area (Å²) < 4.78 is 0. The van der Waals surface area contributed by atoms with E-state index in [0.29, 0.717) is 5.82 Å². The molecule has 0 aromatic carbocycles. The Labute approximate surface area is 128 Å². The Morgan fingerprint density at radius 1 is 1.62 bits per heavy atom. The number of nitrogens with one attached hydrogen (secondary N) is 2. The smallest absolute Gasteiger partial charge is 0.261 e. The van der Waals surface area contributed by atoms with Gasteiger partial charge in [0.2, 0.25) is 0 Å². The zero-order chi connectivity index (χ0) is 14.8. The third-order valence-electron chi connectivity index (χ3n) is 4.18. The van der Waals surface area contributed by atoms with Gasteiger partial charge in [0.25, 0.3) is 5.91 Å². The van der Waals surface area contributed by atoms with Crippen LogP contribution in [0.4, 0.5) is 0 Å². The predicted octanol–water partition coefficient (Wildman–Crippen LogP) is 2.87. The molecule has 2 aromatic rings. The molecule has 3 rings (SSSR count). The van der Waals surface area contributed by atoms with E-state index in [4.69, 9.17) is 0 Å². The lowest BCUT2D eigenvalue weighted by molar-refractivity contribution is 0.0942. The molecule has 5 nitrogen and oxygen atoms in total. The van der Waals surface area contributed by atoms with Crippen molar-refractivity contribution < 1.29 is 4.79 Å². The highest BCUT2D eigenvalue weighted by atomic mass is 32.1. The number of carbonyl (C=O) groups excluding carboxylic acids is 1. The van der Waals surface area contributed by atoms with E-state index in [0.717, 1.165) is 23.6 Å². The summed E-state index contributed by atoms with van der Waals surface area (Å²) in [5.74, 6) is 1.43. The normalized spacial score (nSPS) is 19.0. The van der Waals surface area contributed by atoms with Crippen LogP contribution in [0.15, 0.2) is 12.4 Å². The van der Waals surface area contributed by atoms with E-state index in [1.54, 1.807) is 11.3 Å². The minimum atomic E-state index is -0.164. The van der Waals surface area contributed by atoms with Gasteiger partial charge < -0.3 is 5.32 Å². The Balaban J connectivity index is 1.70. The van der Waals surface area contributed by atoms with Crippen LogP contribution in [-0.4, -0.2) is 21.1 Å². The molecule has 0 fully saturated rings. The molecule has 1 aliphatic rings. The van der Waals surface area contributed by atoms with Gasteiger partial charge in [0.05, 0.1) is 10.9 Å². The molecule has 0 bridgehead atoms. The fourth-order valence-electron chi connectivity index (χ4n) is 2.82. The Morgan fingerprint density at radius 2 is 2.48 bits per heavy atom. The number of nitrogens with zero attached hydrogens (tertiary/aromatic N) is 2. The molecule has 21 heavy (non-hydrogen) atoms. The molecule has 0 aliphatic heterocycles. The first-order valence-electron chi connectivity index (χ1n) is 7.45. The number of thiophene rings is 1. The molecular weight excluding hydrogens is 284 g/mol. The summed E-state index contributed by atoms with van der Waals surface area (Å²) >= 11 is 1.64. The first kappa shape index (κ1) is 14.3. The van der Waals surface area contributed by atoms with Crippen molar-refractivity contribution in [2.75, 3.05) is 0 Å². The van der Waals surface area contributed by atoms with Crippen LogP contribution in [0.1, 0.15) is 58.7 Å². The van der Waals surface area contributed by atoms with Crippen LogP contribution in [0.2, 0.25) is 0 Å². The lowest BCUT2D eigenvalue weighted by Crippen LogP contribution is -2.26. The molecule has 2 unspecified atom stereocenters. The van der Waals surface area contributed by atoms with Crippen LogP contribution in [0.5, 0.6) is 0 Å². The van der Waals surface area contributed by atoms with Crippen molar-refractivity contribution in [3.63, 3.8) is 0 Å². The van der Waals surface area contributed by atoms with Crippen LogP contribution in [0.3, 0.4) is 0 Å². The van der Waals surface area contributed by atoms with Crippen LogP contribution >= 0.6 is 11.3 Å². The molecular formula is C15H20N4OS. The van der Waals surface area contributed by atoms with Gasteiger partial charge in [0.15, 0.2) is 0 Å². The summed E-state index contributed by atoms with van der Waals surface area (Å²) in [4.78, 5) is 18.6. The van der Waals surface area contributed by atoms with E-state index < -0.39 is 0 Å². The Bertz CT molecular complexity index is 620. The van der Waals surface area contributed by atoms with E-state index in [2.05, 4.69) is 33.5 Å². The predicted molar refractivity (Wildman–Crippen MR) is 82.4 cm³/mol. The van der Waals surface area contributed by atoms with Gasteiger partial charge in [-0.25, -0.2) is 4.98 Å². The van der Waals surface area contributed by atoms with E-state index in [9.17, 15) is 4.79 Å². The zero-order valence-corrected chi connectivity index (χ0v) is 13.2. The fourth-order valence-corrected chi connectivity index (χ4v) is 3.93. The van der Waals surface area contributed by atoms with Gasteiger partial charge in [-0.05, 0) is 43.7 Å². The van der Waals surface area contributed by atoms with Gasteiger partial charge >= 0.3 is 0 Å². The quantitative estimate of drug-likeness (QED) is 0.912. The van der Waals surface area contributed by atoms with Gasteiger partial charge in [-0.15, -0.1) is 11.3 Å². The van der Waals surface area contributed by atoms with Crippen molar-refractivity contribution in [3.05, 3.63) is 33.5 Å². The lowest BCUT2D eigenvalue weighted by Gasteiger charge is -2.19. The fraction of sp³-hybridized carbons (Fsp3) is 0.533. The Kier molecular flexibility index (Phi) is 4.05. The highest BCUT2D eigenvalue weighted by molar-refractivity contribution is 7.14. The number of carbonyl (C=O) groups is 1. The van der Waals surface area contributed by atoms with Crippen molar-refractivity contribution in [3.8, 4) is 0 Å². The summed E-state index contributed by atoms with van der Waals surface area (Å²) in [7, 11) is 0. The average molecular weight is 304 g/mol. The summed E-state index contributed by atoms with van der Waals surface area (Å²) in [6.45, 7) is 4.15. The molecule has 1 aliphatic carbocycles. The van der Waals surface area contributed by atoms with Gasteiger partial charge in [0, 0.05) is 4.88 Å². The summed E-state index contributed by atoms with van der Waals surface area (Å²) in [6.07, 6.45) is 6.16. The third-order valence-corrected chi connectivity index (χ3v) is 5.41. The second-order valence-corrected chi connectivity index (χ2v) is 6.78. The van der Waals surface area contributed by atoms with Crippen LogP contribution in [0.25, 0.3) is 0 Å². The third kappa shape index (κ3) is 3.00. The maximum atomic E-state index is 12.4. The van der Waals surface area contributed by atoms with E-state index >= 15 is 0 Å². The van der Waals surface area contributed by atoms with E-state index in [1.165, 1.54) is 29.6 Å². The minimum Gasteiger partial charge on any atom is -0.342 e. The maximum Gasteiger partial charge on any atom is 0.261 e. The minimum absolute atomic E-state index is 0.0219. The highest BCUT2D eigenvalue weighted by Crippen LogP contribution is 2.33. The molecule has 2 heterocycles. The second-order valence-electron chi connectivity index (χ2n) is 5.64. The Hall–Kier alpha value is -1.69. The van der Waals surface area contributed by atoms with Crippen molar-refractivity contribution in [2.24, 2.45) is 5.92 Å². The molecule has 0 saturated carbocycles. The molecule has 112 valence electrons. The number of aryl methyl sites for hydroxylation is 1. The maximum absolute atomic E-state index is 12.4. The monoisotopic (exact) mass is 304 g/mol. The molecule has 2 atom stereocenters. The topological polar surface area (TPSA) is 70.7 Å². The summed E-state index contributed by atoms with van der Waals surface area (Å²) in [5.41, 5.74) is 1.37. The van der Waals surface area contributed by atoms with Gasteiger partial charge in [0.1, 0.15) is 12.2 Å². The number of amides is 1. The van der Waals surface area contributed by atoms with Crippen LogP contribution in [0, 0.1) is 5.92 Å². The van der Waals surface area contributed by atoms with Crippen molar-refractivity contribution >= 4 is 17.2 Å². The lowest BCUT2D eigenvalue weighted by atomic mass is 9.87. The molecule has 1 amide bonds. The number of fused-ring (bicyclic) bond motifs is 1. The van der Waals surface area contributed by atoms with Gasteiger partial charge in [-0.1, -0.05) is 13.3 Å². The number of rotatable bonds is 4. The largest absolute Gasteiger partial charge is 0.342 e. The highest BCUT2D eigenvalue weighted by Gasteiger charge is 2.23. The molecule has 0 radical (unpaired) electrons. The number of hydrogen-bond donors (Lipinski definition) is 2. The van der Waals surface area contributed by atoms with Crippen LogP contribution in [-0.2, 0) is 12.8 Å². The number of H-pyrrole nitrogens is 1. The average Bonchev–Trinajstić information content (AvgIpc) is 3.15. The molecule has 0 spiro atoms. The Morgan fingerprint density at radius 3 is 3.19 bits per heavy atom. The SMILES string of the molecule is CCC1CCc2sc(C(=O)NC(C)c3ncn[nH]3)cc2C1. The molecule has 6 heteroatoms. The number of hydrogen-bond acceptors (Lipinski definition) is 4. The molecule has 2 N–H and O–H groups in total. The van der Waals surface area contributed by atoms with Crippen molar-refractivity contribution in [1.82, 2.24) is 20.5 Å². The van der Waals surface area contributed by atoms with Crippen LogP contribution < -0.4 is 5.32 Å². The van der Waals surface area contributed by atoms with Gasteiger partial charge in [-0.3, -0.25) is 9.89 Å². The first-order chi connectivity index (χ1) is 10.2. The van der Waals surface area contributed by atoms with Crippen molar-refractivity contribution in [2.45, 2.75) is 45.6 Å². The van der Waals surface area contributed by atoms with E-state index in [1.807, 2.05) is 6.92 Å². The zero-order valence-electron chi connectivity index (χ0n) is 12.3. The molecule has 0 saturated heterocycles. The number of aromatic amines is 1. The standard InChI is InChI=1S/C15H20N4OS/c1-3-10-4-5-12-11(6-10)7-13(21-12)15(20)18-9(2)14-16-8-17-19-14/h7-10H,3-6H2,1-2H3,(H,18,20)(H,16,17,19). The summed E-state index contributed by atoms with van der Waals surface area (Å²) in [5, 5.41) is 9.56. The number of aromatic nitrogens is 3. The first-order valence-corrected chi connectivity index (χ1v) is 8.26. The van der Waals surface area contributed by atoms with Gasteiger partial charge in [-0.2, -0.15) is 5.10 Å². The van der Waals surface area contributed by atoms with E-state index in [-0.39, 0.29) is 11.9 Å². The second kappa shape index (κ2) is 5.97. The summed E-state index contributed by atoms with van der Waals surface area (Å²) in [6, 6.07) is 1.91. The van der Waals surface area contributed by atoms with Crippen molar-refractivity contribution in [1.29, 1.82) is 0 Å². The molecule has 2 aromatic heterocycles.